The number of carbonyl (C=O) groups is 1. The lowest BCUT2D eigenvalue weighted by Crippen LogP contribution is -2.35. The molecule has 184 valence electrons. The number of imidazole rings is 1. The first-order valence-corrected chi connectivity index (χ1v) is 12.4. The molecular formula is C30H33N5O. The minimum Gasteiger partial charge on any atom is -0.326 e. The Bertz CT molecular complexity index is 1380. The number of aromatic nitrogens is 2. The Labute approximate surface area is 212 Å². The fraction of sp³-hybridized carbons (Fsp3) is 0.267. The molecule has 2 heterocycles. The third kappa shape index (κ3) is 4.88. The van der Waals surface area contributed by atoms with Gasteiger partial charge in [-0.15, -0.1) is 0 Å². The van der Waals surface area contributed by atoms with Crippen molar-refractivity contribution in [2.75, 3.05) is 0 Å². The smallest absolute Gasteiger partial charge is 0.202 e. The number of hydrogen-bond acceptors (Lipinski definition) is 5. The standard InChI is InChI=1S/C30H33N5O/c1-30(2,3)34-17-23-8-4-5-10-25(23)21-11-13-22(14-12-21)27-29(36)28-26(18-32-27)33-19-35(28)24-9-6-7-20(15-24)16-31/h4-15,19,27,32,34H,16-18,31H2,1-3H3. The Morgan fingerprint density at radius 1 is 1.06 bits per heavy atom. The van der Waals surface area contributed by atoms with Gasteiger partial charge in [0.15, 0.2) is 0 Å². The highest BCUT2D eigenvalue weighted by atomic mass is 16.1. The largest absolute Gasteiger partial charge is 0.326 e. The quantitative estimate of drug-likeness (QED) is 0.366. The van der Waals surface area contributed by atoms with E-state index in [-0.39, 0.29) is 11.3 Å². The van der Waals surface area contributed by atoms with Crippen molar-refractivity contribution in [1.82, 2.24) is 20.2 Å². The molecular weight excluding hydrogens is 446 g/mol. The van der Waals surface area contributed by atoms with Crippen LogP contribution in [0.3, 0.4) is 0 Å². The van der Waals surface area contributed by atoms with Gasteiger partial charge in [-0.1, -0.05) is 60.7 Å². The van der Waals surface area contributed by atoms with Crippen LogP contribution in [-0.4, -0.2) is 20.9 Å². The Morgan fingerprint density at radius 2 is 1.83 bits per heavy atom. The fourth-order valence-electron chi connectivity index (χ4n) is 4.67. The van der Waals surface area contributed by atoms with Crippen LogP contribution in [0.1, 0.15) is 59.7 Å². The first-order chi connectivity index (χ1) is 17.3. The van der Waals surface area contributed by atoms with Crippen molar-refractivity contribution in [3.05, 3.63) is 107 Å². The van der Waals surface area contributed by atoms with Gasteiger partial charge < -0.3 is 11.1 Å². The number of benzene rings is 3. The van der Waals surface area contributed by atoms with Gasteiger partial charge in [0.05, 0.1) is 11.7 Å². The molecule has 1 aliphatic heterocycles. The summed E-state index contributed by atoms with van der Waals surface area (Å²) >= 11 is 0. The fourth-order valence-corrected chi connectivity index (χ4v) is 4.67. The molecule has 1 aliphatic rings. The number of fused-ring (bicyclic) bond motifs is 1. The van der Waals surface area contributed by atoms with Crippen LogP contribution in [0.4, 0.5) is 0 Å². The van der Waals surface area contributed by atoms with Crippen molar-refractivity contribution >= 4 is 5.78 Å². The van der Waals surface area contributed by atoms with Gasteiger partial charge in [0.2, 0.25) is 5.78 Å². The molecule has 0 aliphatic carbocycles. The van der Waals surface area contributed by atoms with E-state index in [0.29, 0.717) is 18.8 Å². The monoisotopic (exact) mass is 479 g/mol. The lowest BCUT2D eigenvalue weighted by atomic mass is 9.93. The number of hydrogen-bond donors (Lipinski definition) is 3. The number of nitrogens with two attached hydrogens (primary N) is 1. The van der Waals surface area contributed by atoms with Crippen LogP contribution in [0.5, 0.6) is 0 Å². The molecule has 36 heavy (non-hydrogen) atoms. The molecule has 0 saturated carbocycles. The van der Waals surface area contributed by atoms with Crippen molar-refractivity contribution in [3.63, 3.8) is 0 Å². The van der Waals surface area contributed by atoms with Gasteiger partial charge in [0.25, 0.3) is 0 Å². The SMILES string of the molecule is CC(C)(C)NCc1ccccc1-c1ccc(C2NCc3ncn(-c4cccc(CN)c4)c3C2=O)cc1. The number of nitrogens with one attached hydrogen (secondary N) is 2. The van der Waals surface area contributed by atoms with Crippen molar-refractivity contribution in [2.45, 2.75) is 52.0 Å². The molecule has 0 radical (unpaired) electrons. The third-order valence-electron chi connectivity index (χ3n) is 6.62. The zero-order valence-corrected chi connectivity index (χ0v) is 21.1. The molecule has 1 atom stereocenters. The summed E-state index contributed by atoms with van der Waals surface area (Å²) < 4.78 is 1.89. The first kappa shape index (κ1) is 24.1. The molecule has 3 aromatic carbocycles. The van der Waals surface area contributed by atoms with E-state index in [1.807, 2.05) is 28.8 Å². The summed E-state index contributed by atoms with van der Waals surface area (Å²) in [5.41, 5.74) is 13.7. The second kappa shape index (κ2) is 9.82. The molecule has 4 N–H and O–H groups in total. The maximum absolute atomic E-state index is 13.7. The third-order valence-corrected chi connectivity index (χ3v) is 6.62. The Kier molecular flexibility index (Phi) is 6.58. The van der Waals surface area contributed by atoms with Crippen LogP contribution >= 0.6 is 0 Å². The molecule has 1 aromatic heterocycles. The van der Waals surface area contributed by atoms with Crippen LogP contribution in [-0.2, 0) is 19.6 Å². The van der Waals surface area contributed by atoms with E-state index in [2.05, 4.69) is 84.9 Å². The average Bonchev–Trinajstić information content (AvgIpc) is 3.33. The average molecular weight is 480 g/mol. The van der Waals surface area contributed by atoms with Crippen LogP contribution in [0, 0.1) is 0 Å². The van der Waals surface area contributed by atoms with Gasteiger partial charge in [-0.25, -0.2) is 4.98 Å². The van der Waals surface area contributed by atoms with Gasteiger partial charge in [-0.05, 0) is 60.7 Å². The molecule has 0 bridgehead atoms. The summed E-state index contributed by atoms with van der Waals surface area (Å²) in [7, 11) is 0. The van der Waals surface area contributed by atoms with E-state index in [0.717, 1.165) is 34.6 Å². The molecule has 5 rings (SSSR count). The summed E-state index contributed by atoms with van der Waals surface area (Å²) in [5.74, 6) is 0.0226. The number of nitrogens with zero attached hydrogens (tertiary/aromatic N) is 2. The topological polar surface area (TPSA) is 85.0 Å². The minimum atomic E-state index is -0.419. The molecule has 4 aromatic rings. The Hall–Kier alpha value is -3.58. The zero-order valence-electron chi connectivity index (χ0n) is 21.1. The highest BCUT2D eigenvalue weighted by Gasteiger charge is 2.32. The van der Waals surface area contributed by atoms with Crippen molar-refractivity contribution in [2.24, 2.45) is 5.73 Å². The van der Waals surface area contributed by atoms with E-state index in [4.69, 9.17) is 5.73 Å². The van der Waals surface area contributed by atoms with E-state index in [1.165, 1.54) is 11.1 Å². The van der Waals surface area contributed by atoms with E-state index >= 15 is 0 Å². The number of rotatable bonds is 6. The van der Waals surface area contributed by atoms with Gasteiger partial charge in [-0.3, -0.25) is 14.7 Å². The number of Topliss-reactive ketones (excluding diaryl/α,β-unsaturated/α-hetero) is 1. The number of carbonyl (C=O) groups excluding carboxylic acids is 1. The Morgan fingerprint density at radius 3 is 2.58 bits per heavy atom. The predicted octanol–water partition coefficient (Wildman–Crippen LogP) is 4.91. The molecule has 1 unspecified atom stereocenters. The van der Waals surface area contributed by atoms with E-state index in [9.17, 15) is 4.79 Å². The molecule has 6 nitrogen and oxygen atoms in total. The van der Waals surface area contributed by atoms with E-state index < -0.39 is 6.04 Å². The lowest BCUT2D eigenvalue weighted by molar-refractivity contribution is 0.0922. The van der Waals surface area contributed by atoms with Crippen LogP contribution < -0.4 is 16.4 Å². The molecule has 0 saturated heterocycles. The van der Waals surface area contributed by atoms with E-state index in [1.54, 1.807) is 6.33 Å². The van der Waals surface area contributed by atoms with Crippen molar-refractivity contribution in [3.8, 4) is 16.8 Å². The molecule has 0 spiro atoms. The summed E-state index contributed by atoms with van der Waals surface area (Å²) in [6, 6.07) is 24.3. The molecule has 0 fully saturated rings. The second-order valence-electron chi connectivity index (χ2n) is 10.3. The number of ketones is 1. The predicted molar refractivity (Wildman–Crippen MR) is 144 cm³/mol. The summed E-state index contributed by atoms with van der Waals surface area (Å²) in [6.07, 6.45) is 1.73. The van der Waals surface area contributed by atoms with Crippen LogP contribution in [0.15, 0.2) is 79.1 Å². The van der Waals surface area contributed by atoms with Crippen molar-refractivity contribution < 1.29 is 4.79 Å². The highest BCUT2D eigenvalue weighted by Crippen LogP contribution is 2.30. The zero-order chi connectivity index (χ0) is 25.3. The normalized spacial score (nSPS) is 15.7. The summed E-state index contributed by atoms with van der Waals surface area (Å²) in [5, 5.41) is 6.96. The Balaban J connectivity index is 1.41. The maximum atomic E-state index is 13.7. The first-order valence-electron chi connectivity index (χ1n) is 12.4. The molecule has 0 amide bonds. The highest BCUT2D eigenvalue weighted by molar-refractivity contribution is 6.01. The lowest BCUT2D eigenvalue weighted by Gasteiger charge is -2.24. The van der Waals surface area contributed by atoms with Gasteiger partial charge >= 0.3 is 0 Å². The van der Waals surface area contributed by atoms with Gasteiger partial charge in [0, 0.05) is 30.9 Å². The molecule has 6 heteroatoms. The van der Waals surface area contributed by atoms with Crippen LogP contribution in [0.2, 0.25) is 0 Å². The van der Waals surface area contributed by atoms with Crippen LogP contribution in [0.25, 0.3) is 16.8 Å². The summed E-state index contributed by atoms with van der Waals surface area (Å²) in [4.78, 5) is 18.2. The second-order valence-corrected chi connectivity index (χ2v) is 10.3. The maximum Gasteiger partial charge on any atom is 0.202 e. The van der Waals surface area contributed by atoms with Gasteiger partial charge in [-0.2, -0.15) is 0 Å². The minimum absolute atomic E-state index is 0.0226. The summed E-state index contributed by atoms with van der Waals surface area (Å²) in [6.45, 7) is 8.30. The van der Waals surface area contributed by atoms with Crippen molar-refractivity contribution in [1.29, 1.82) is 0 Å². The van der Waals surface area contributed by atoms with Gasteiger partial charge in [0.1, 0.15) is 12.0 Å².